The van der Waals surface area contributed by atoms with Crippen molar-refractivity contribution >= 4 is 15.9 Å². The fraction of sp³-hybridized carbons (Fsp3) is 0.857. The molecule has 0 bridgehead atoms. The molecule has 1 aromatic rings. The number of sulfone groups is 1. The van der Waals surface area contributed by atoms with Crippen molar-refractivity contribution in [2.75, 3.05) is 42.6 Å². The van der Waals surface area contributed by atoms with E-state index in [2.05, 4.69) is 20.0 Å². The summed E-state index contributed by atoms with van der Waals surface area (Å²) in [5, 5.41) is 8.36. The minimum absolute atomic E-state index is 0.195. The van der Waals surface area contributed by atoms with Crippen molar-refractivity contribution in [3.63, 3.8) is 0 Å². The summed E-state index contributed by atoms with van der Waals surface area (Å²) >= 11 is 0. The van der Waals surface area contributed by atoms with E-state index in [-0.39, 0.29) is 6.04 Å². The highest BCUT2D eigenvalue weighted by atomic mass is 32.2. The van der Waals surface area contributed by atoms with Crippen LogP contribution in [0.1, 0.15) is 37.5 Å². The van der Waals surface area contributed by atoms with Crippen LogP contribution in [0.4, 0.5) is 6.01 Å². The first kappa shape index (κ1) is 14.4. The summed E-state index contributed by atoms with van der Waals surface area (Å²) < 4.78 is 29.0. The Balaban J connectivity index is 1.34. The summed E-state index contributed by atoms with van der Waals surface area (Å²) in [6.07, 6.45) is 4.34. The van der Waals surface area contributed by atoms with E-state index < -0.39 is 9.84 Å². The molecule has 3 aliphatic rings. The van der Waals surface area contributed by atoms with Crippen LogP contribution in [0.2, 0.25) is 0 Å². The van der Waals surface area contributed by atoms with Crippen LogP contribution in [0, 0.1) is 0 Å². The lowest BCUT2D eigenvalue weighted by Gasteiger charge is -2.36. The number of rotatable bonds is 3. The Kier molecular flexibility index (Phi) is 3.60. The van der Waals surface area contributed by atoms with Crippen LogP contribution < -0.4 is 4.90 Å². The molecule has 0 aromatic carbocycles. The van der Waals surface area contributed by atoms with Gasteiger partial charge in [-0.3, -0.25) is 4.90 Å². The molecule has 0 N–H and O–H groups in total. The lowest BCUT2D eigenvalue weighted by atomic mass is 9.85. The fourth-order valence-corrected chi connectivity index (χ4v) is 5.28. The van der Waals surface area contributed by atoms with Crippen LogP contribution in [0.25, 0.3) is 0 Å². The largest absolute Gasteiger partial charge is 0.408 e. The van der Waals surface area contributed by atoms with Gasteiger partial charge in [-0.1, -0.05) is 11.5 Å². The van der Waals surface area contributed by atoms with E-state index in [0.29, 0.717) is 23.4 Å². The Morgan fingerprint density at radius 3 is 2.41 bits per heavy atom. The second-order valence-corrected chi connectivity index (χ2v) is 8.86. The maximum absolute atomic E-state index is 11.6. The van der Waals surface area contributed by atoms with E-state index in [1.165, 1.54) is 6.42 Å². The van der Waals surface area contributed by atoms with E-state index in [0.717, 1.165) is 51.3 Å². The summed E-state index contributed by atoms with van der Waals surface area (Å²) in [5.74, 6) is 1.91. The second kappa shape index (κ2) is 5.49. The smallest absolute Gasteiger partial charge is 0.318 e. The summed E-state index contributed by atoms with van der Waals surface area (Å²) in [5.41, 5.74) is 0. The zero-order chi connectivity index (χ0) is 15.2. The fourth-order valence-electron chi connectivity index (χ4n) is 3.52. The Labute approximate surface area is 130 Å². The molecule has 7 nitrogen and oxygen atoms in total. The highest BCUT2D eigenvalue weighted by Crippen LogP contribution is 2.36. The lowest BCUT2D eigenvalue weighted by molar-refractivity contribution is 0.197. The number of anilines is 1. The van der Waals surface area contributed by atoms with Gasteiger partial charge in [-0.05, 0) is 19.3 Å². The third kappa shape index (κ3) is 2.74. The molecular weight excluding hydrogens is 304 g/mol. The minimum atomic E-state index is -2.81. The molecule has 0 amide bonds. The zero-order valence-corrected chi connectivity index (χ0v) is 13.5. The van der Waals surface area contributed by atoms with Gasteiger partial charge in [0.15, 0.2) is 9.84 Å². The van der Waals surface area contributed by atoms with Gasteiger partial charge < -0.3 is 9.32 Å². The van der Waals surface area contributed by atoms with Crippen LogP contribution in [0.3, 0.4) is 0 Å². The quantitative estimate of drug-likeness (QED) is 0.806. The number of hydrogen-bond acceptors (Lipinski definition) is 7. The van der Waals surface area contributed by atoms with Crippen molar-refractivity contribution < 1.29 is 12.8 Å². The monoisotopic (exact) mass is 326 g/mol. The van der Waals surface area contributed by atoms with Gasteiger partial charge in [0.25, 0.3) is 0 Å². The first-order valence-electron chi connectivity index (χ1n) is 8.13. The Hall–Kier alpha value is -1.15. The van der Waals surface area contributed by atoms with E-state index in [9.17, 15) is 8.42 Å². The predicted octanol–water partition coefficient (Wildman–Crippen LogP) is 0.646. The highest BCUT2D eigenvalue weighted by molar-refractivity contribution is 7.91. The molecule has 1 unspecified atom stereocenters. The molecule has 2 saturated heterocycles. The summed E-state index contributed by atoms with van der Waals surface area (Å²) in [4.78, 5) is 4.42. The van der Waals surface area contributed by atoms with E-state index in [1.807, 2.05) is 0 Å². The van der Waals surface area contributed by atoms with Crippen molar-refractivity contribution in [1.29, 1.82) is 0 Å². The van der Waals surface area contributed by atoms with Crippen molar-refractivity contribution in [1.82, 2.24) is 15.1 Å². The maximum atomic E-state index is 11.6. The minimum Gasteiger partial charge on any atom is -0.408 e. The number of hydrogen-bond donors (Lipinski definition) is 0. The van der Waals surface area contributed by atoms with E-state index >= 15 is 0 Å². The third-order valence-electron chi connectivity index (χ3n) is 5.19. The summed E-state index contributed by atoms with van der Waals surface area (Å²) in [6.45, 7) is 3.37. The van der Waals surface area contributed by atoms with E-state index in [1.54, 1.807) is 0 Å². The standard InChI is InChI=1S/C14H22N4O3S/c19-22(20)9-4-12(10-22)17-5-7-18(8-6-17)14-16-15-13(21-14)11-2-1-3-11/h11-12H,1-10H2. The predicted molar refractivity (Wildman–Crippen MR) is 81.7 cm³/mol. The van der Waals surface area contributed by atoms with Crippen molar-refractivity contribution in [3.8, 4) is 0 Å². The second-order valence-electron chi connectivity index (χ2n) is 6.63. The topological polar surface area (TPSA) is 79.5 Å². The molecule has 0 radical (unpaired) electrons. The van der Waals surface area contributed by atoms with Gasteiger partial charge in [-0.15, -0.1) is 5.10 Å². The molecule has 2 aliphatic heterocycles. The maximum Gasteiger partial charge on any atom is 0.318 e. The van der Waals surface area contributed by atoms with Crippen LogP contribution in [-0.4, -0.2) is 67.2 Å². The van der Waals surface area contributed by atoms with Crippen molar-refractivity contribution in [2.45, 2.75) is 37.6 Å². The van der Waals surface area contributed by atoms with Gasteiger partial charge in [0.2, 0.25) is 5.89 Å². The van der Waals surface area contributed by atoms with Crippen LogP contribution in [0.15, 0.2) is 4.42 Å². The molecule has 3 fully saturated rings. The molecule has 8 heteroatoms. The molecule has 1 atom stereocenters. The Morgan fingerprint density at radius 2 is 1.82 bits per heavy atom. The van der Waals surface area contributed by atoms with Gasteiger partial charge in [0.05, 0.1) is 11.5 Å². The third-order valence-corrected chi connectivity index (χ3v) is 6.94. The van der Waals surface area contributed by atoms with Crippen LogP contribution in [-0.2, 0) is 9.84 Å². The summed E-state index contributed by atoms with van der Waals surface area (Å²) in [7, 11) is -2.81. The van der Waals surface area contributed by atoms with Crippen LogP contribution >= 0.6 is 0 Å². The first-order valence-corrected chi connectivity index (χ1v) is 9.96. The molecular formula is C14H22N4O3S. The normalized spacial score (nSPS) is 29.6. The molecule has 0 spiro atoms. The zero-order valence-electron chi connectivity index (χ0n) is 12.6. The lowest BCUT2D eigenvalue weighted by Crippen LogP contribution is -2.50. The Bertz CT molecular complexity index is 632. The highest BCUT2D eigenvalue weighted by Gasteiger charge is 2.34. The summed E-state index contributed by atoms with van der Waals surface area (Å²) in [6, 6.07) is 0.820. The molecule has 1 aliphatic carbocycles. The Morgan fingerprint density at radius 1 is 1.05 bits per heavy atom. The van der Waals surface area contributed by atoms with Gasteiger partial charge in [0, 0.05) is 38.1 Å². The van der Waals surface area contributed by atoms with Gasteiger partial charge in [-0.25, -0.2) is 8.42 Å². The molecule has 1 saturated carbocycles. The van der Waals surface area contributed by atoms with Gasteiger partial charge in [0.1, 0.15) is 0 Å². The number of piperazine rings is 1. The van der Waals surface area contributed by atoms with Crippen LogP contribution in [0.5, 0.6) is 0 Å². The average Bonchev–Trinajstić information content (AvgIpc) is 3.04. The number of aromatic nitrogens is 2. The SMILES string of the molecule is O=S1(=O)CCC(N2CCN(c3nnc(C4CCC4)o3)CC2)C1. The van der Waals surface area contributed by atoms with Crippen molar-refractivity contribution in [2.24, 2.45) is 0 Å². The average molecular weight is 326 g/mol. The molecule has 4 rings (SSSR count). The van der Waals surface area contributed by atoms with Gasteiger partial charge in [-0.2, -0.15) is 0 Å². The molecule has 3 heterocycles. The molecule has 1 aromatic heterocycles. The first-order chi connectivity index (χ1) is 10.6. The number of nitrogens with zero attached hydrogens (tertiary/aromatic N) is 4. The van der Waals surface area contributed by atoms with Crippen molar-refractivity contribution in [3.05, 3.63) is 5.89 Å². The van der Waals surface area contributed by atoms with Gasteiger partial charge >= 0.3 is 6.01 Å². The molecule has 22 heavy (non-hydrogen) atoms. The molecule has 122 valence electrons. The van der Waals surface area contributed by atoms with E-state index in [4.69, 9.17) is 4.42 Å².